The highest BCUT2D eigenvalue weighted by atomic mass is 16.5. The van der Waals surface area contributed by atoms with E-state index in [1.165, 1.54) is 10.9 Å². The zero-order chi connectivity index (χ0) is 15.0. The van der Waals surface area contributed by atoms with Gasteiger partial charge in [-0.2, -0.15) is 0 Å². The maximum absolute atomic E-state index is 12.2. The monoisotopic (exact) mass is 295 g/mol. The van der Waals surface area contributed by atoms with Crippen LogP contribution in [-0.2, 0) is 4.74 Å². The molecule has 0 aromatic carbocycles. The van der Waals surface area contributed by atoms with Gasteiger partial charge in [-0.3, -0.25) is 0 Å². The summed E-state index contributed by atoms with van der Waals surface area (Å²) in [7, 11) is 0. The minimum absolute atomic E-state index is 0.221. The molecule has 1 aliphatic rings. The Morgan fingerprint density at radius 1 is 1.57 bits per heavy atom. The lowest BCUT2D eigenvalue weighted by Crippen LogP contribution is -2.25. The van der Waals surface area contributed by atoms with Crippen molar-refractivity contribution in [3.05, 3.63) is 16.8 Å². The molecule has 3 unspecified atom stereocenters. The molecule has 2 aromatic rings. The van der Waals surface area contributed by atoms with E-state index in [0.717, 1.165) is 0 Å². The molecule has 1 saturated heterocycles. The number of hydrogen-bond donors (Lipinski definition) is 4. The summed E-state index contributed by atoms with van der Waals surface area (Å²) < 4.78 is 6.86. The fourth-order valence-electron chi connectivity index (χ4n) is 2.54. The quantitative estimate of drug-likeness (QED) is 0.581. The number of anilines is 1. The van der Waals surface area contributed by atoms with Gasteiger partial charge in [0.05, 0.1) is 12.7 Å². The first-order valence-electron chi connectivity index (χ1n) is 6.79. The van der Waals surface area contributed by atoms with Crippen molar-refractivity contribution >= 4 is 17.0 Å². The smallest absolute Gasteiger partial charge is 0.329 e. The van der Waals surface area contributed by atoms with E-state index in [4.69, 9.17) is 9.84 Å². The Kier molecular flexibility index (Phi) is 3.62. The molecule has 0 aliphatic carbocycles. The van der Waals surface area contributed by atoms with Gasteiger partial charge in [0, 0.05) is 13.0 Å². The third kappa shape index (κ3) is 2.28. The molecular weight excluding hydrogens is 278 g/mol. The van der Waals surface area contributed by atoms with Gasteiger partial charge in [-0.1, -0.05) is 0 Å². The standard InChI is InChI=1S/C12H17N5O4/c1-2-13-10-9-11(15-5-14-10)17(12(20)16-9)8-3-6(19)7(4-18)21-8/h5-8,18-19H,2-4H2,1H3,(H,16,20)(H,13,14,15). The number of aromatic amines is 1. The van der Waals surface area contributed by atoms with Crippen molar-refractivity contribution in [2.75, 3.05) is 18.5 Å². The second kappa shape index (κ2) is 5.43. The van der Waals surface area contributed by atoms with Gasteiger partial charge >= 0.3 is 5.69 Å². The summed E-state index contributed by atoms with van der Waals surface area (Å²) in [5, 5.41) is 22.0. The Balaban J connectivity index is 2.06. The van der Waals surface area contributed by atoms with E-state index >= 15 is 0 Å². The third-order valence-corrected chi connectivity index (χ3v) is 3.52. The van der Waals surface area contributed by atoms with Crippen molar-refractivity contribution in [1.29, 1.82) is 0 Å². The van der Waals surface area contributed by atoms with Crippen molar-refractivity contribution in [1.82, 2.24) is 19.5 Å². The van der Waals surface area contributed by atoms with E-state index in [-0.39, 0.29) is 18.7 Å². The molecule has 0 spiro atoms. The number of nitrogens with one attached hydrogen (secondary N) is 2. The Labute approximate surface area is 119 Å². The van der Waals surface area contributed by atoms with Crippen LogP contribution in [0.2, 0.25) is 0 Å². The van der Waals surface area contributed by atoms with Gasteiger partial charge in [0.1, 0.15) is 24.2 Å². The van der Waals surface area contributed by atoms with Crippen molar-refractivity contribution in [3.63, 3.8) is 0 Å². The van der Waals surface area contributed by atoms with Crippen LogP contribution in [0.3, 0.4) is 0 Å². The van der Waals surface area contributed by atoms with Gasteiger partial charge in [-0.25, -0.2) is 19.3 Å². The highest BCUT2D eigenvalue weighted by Crippen LogP contribution is 2.30. The Bertz CT molecular complexity index is 697. The molecule has 9 heteroatoms. The Hall–Kier alpha value is -1.97. The number of aromatic nitrogens is 4. The van der Waals surface area contributed by atoms with E-state index in [2.05, 4.69) is 20.3 Å². The lowest BCUT2D eigenvalue weighted by Gasteiger charge is -2.13. The van der Waals surface area contributed by atoms with Gasteiger partial charge in [0.25, 0.3) is 0 Å². The van der Waals surface area contributed by atoms with Crippen molar-refractivity contribution < 1.29 is 14.9 Å². The van der Waals surface area contributed by atoms with Crippen LogP contribution in [0, 0.1) is 0 Å². The minimum atomic E-state index is -0.813. The highest BCUT2D eigenvalue weighted by Gasteiger charge is 2.36. The Morgan fingerprint density at radius 2 is 2.38 bits per heavy atom. The van der Waals surface area contributed by atoms with Crippen molar-refractivity contribution in [2.45, 2.75) is 31.8 Å². The van der Waals surface area contributed by atoms with Gasteiger partial charge in [0.2, 0.25) is 0 Å². The fraction of sp³-hybridized carbons (Fsp3) is 0.583. The Morgan fingerprint density at radius 3 is 3.05 bits per heavy atom. The average Bonchev–Trinajstić information content (AvgIpc) is 2.99. The third-order valence-electron chi connectivity index (χ3n) is 3.52. The average molecular weight is 295 g/mol. The van der Waals surface area contributed by atoms with Gasteiger partial charge in [0.15, 0.2) is 11.5 Å². The maximum Gasteiger partial charge on any atom is 0.329 e. The molecule has 0 radical (unpaired) electrons. The van der Waals surface area contributed by atoms with Crippen molar-refractivity contribution in [2.24, 2.45) is 0 Å². The van der Waals surface area contributed by atoms with Crippen LogP contribution in [0.15, 0.2) is 11.1 Å². The van der Waals surface area contributed by atoms with Crippen LogP contribution in [0.5, 0.6) is 0 Å². The molecule has 114 valence electrons. The number of H-pyrrole nitrogens is 1. The molecule has 4 N–H and O–H groups in total. The molecule has 2 aromatic heterocycles. The first-order valence-corrected chi connectivity index (χ1v) is 6.79. The normalized spacial score (nSPS) is 25.6. The number of aliphatic hydroxyl groups excluding tert-OH is 2. The molecule has 3 rings (SSSR count). The van der Waals surface area contributed by atoms with Gasteiger partial charge < -0.3 is 25.3 Å². The molecule has 3 heterocycles. The predicted molar refractivity (Wildman–Crippen MR) is 73.9 cm³/mol. The number of nitrogens with zero attached hydrogens (tertiary/aromatic N) is 3. The summed E-state index contributed by atoms with van der Waals surface area (Å²) in [6.07, 6.45) is -0.589. The largest absolute Gasteiger partial charge is 0.394 e. The highest BCUT2D eigenvalue weighted by molar-refractivity contribution is 5.82. The van der Waals surface area contributed by atoms with E-state index < -0.39 is 18.4 Å². The molecule has 1 aliphatic heterocycles. The number of rotatable bonds is 4. The molecule has 1 fully saturated rings. The second-order valence-corrected chi connectivity index (χ2v) is 4.87. The zero-order valence-corrected chi connectivity index (χ0v) is 11.5. The second-order valence-electron chi connectivity index (χ2n) is 4.87. The summed E-state index contributed by atoms with van der Waals surface area (Å²) >= 11 is 0. The minimum Gasteiger partial charge on any atom is -0.394 e. The topological polar surface area (TPSA) is 125 Å². The molecule has 0 bridgehead atoms. The molecule has 21 heavy (non-hydrogen) atoms. The SMILES string of the molecule is CCNc1ncnc2c1[nH]c(=O)n2C1CC(O)C(CO)O1. The number of ether oxygens (including phenoxy) is 1. The summed E-state index contributed by atoms with van der Waals surface area (Å²) in [4.78, 5) is 23.1. The molecule has 0 saturated carbocycles. The summed E-state index contributed by atoms with van der Waals surface area (Å²) in [6, 6.07) is 0. The number of imidazole rings is 1. The lowest BCUT2D eigenvalue weighted by molar-refractivity contribution is -0.0441. The van der Waals surface area contributed by atoms with Gasteiger partial charge in [-0.05, 0) is 6.92 Å². The van der Waals surface area contributed by atoms with Crippen LogP contribution in [0.1, 0.15) is 19.6 Å². The van der Waals surface area contributed by atoms with E-state index in [1.807, 2.05) is 6.92 Å². The van der Waals surface area contributed by atoms with Crippen LogP contribution >= 0.6 is 0 Å². The van der Waals surface area contributed by atoms with E-state index in [0.29, 0.717) is 23.5 Å². The van der Waals surface area contributed by atoms with E-state index in [9.17, 15) is 9.90 Å². The van der Waals surface area contributed by atoms with Crippen LogP contribution in [0.4, 0.5) is 5.82 Å². The number of aliphatic hydroxyl groups is 2. The summed E-state index contributed by atoms with van der Waals surface area (Å²) in [6.45, 7) is 2.28. The maximum atomic E-state index is 12.2. The molecule has 0 amide bonds. The van der Waals surface area contributed by atoms with Crippen molar-refractivity contribution in [3.8, 4) is 0 Å². The van der Waals surface area contributed by atoms with E-state index in [1.54, 1.807) is 0 Å². The van der Waals surface area contributed by atoms with Gasteiger partial charge in [-0.15, -0.1) is 0 Å². The summed E-state index contributed by atoms with van der Waals surface area (Å²) in [5.41, 5.74) is 0.511. The number of fused-ring (bicyclic) bond motifs is 1. The fourth-order valence-corrected chi connectivity index (χ4v) is 2.54. The molecule has 3 atom stereocenters. The zero-order valence-electron chi connectivity index (χ0n) is 11.5. The molecular formula is C12H17N5O4. The lowest BCUT2D eigenvalue weighted by atomic mass is 10.2. The first-order chi connectivity index (χ1) is 10.2. The van der Waals surface area contributed by atoms with Crippen LogP contribution < -0.4 is 11.0 Å². The predicted octanol–water partition coefficient (Wildman–Crippen LogP) is -0.808. The summed E-state index contributed by atoms with van der Waals surface area (Å²) in [5.74, 6) is 0.538. The van der Waals surface area contributed by atoms with Crippen LogP contribution in [-0.4, -0.2) is 55.1 Å². The molecule has 9 nitrogen and oxygen atoms in total. The number of hydrogen-bond acceptors (Lipinski definition) is 7. The van der Waals surface area contributed by atoms with Crippen LogP contribution in [0.25, 0.3) is 11.2 Å². The first kappa shape index (κ1) is 14.0.